The van der Waals surface area contributed by atoms with Gasteiger partial charge in [-0.25, -0.2) is 9.37 Å². The summed E-state index contributed by atoms with van der Waals surface area (Å²) in [6.07, 6.45) is 5.43. The van der Waals surface area contributed by atoms with Crippen molar-refractivity contribution in [2.75, 3.05) is 6.54 Å². The van der Waals surface area contributed by atoms with E-state index in [0.29, 0.717) is 11.6 Å². The second-order valence-electron chi connectivity index (χ2n) is 7.58. The van der Waals surface area contributed by atoms with Crippen LogP contribution in [-0.4, -0.2) is 37.9 Å². The van der Waals surface area contributed by atoms with E-state index in [1.54, 1.807) is 16.5 Å². The maximum Gasteiger partial charge on any atom is 0.270 e. The number of hydrogen-bond donors (Lipinski definition) is 3. The van der Waals surface area contributed by atoms with Gasteiger partial charge in [-0.2, -0.15) is 5.10 Å². The quantitative estimate of drug-likeness (QED) is 0.446. The molecule has 156 valence electrons. The Kier molecular flexibility index (Phi) is 4.50. The van der Waals surface area contributed by atoms with Gasteiger partial charge in [-0.3, -0.25) is 19.1 Å². The highest BCUT2D eigenvalue weighted by molar-refractivity contribution is 5.95. The van der Waals surface area contributed by atoms with Crippen molar-refractivity contribution >= 4 is 17.5 Å². The Balaban J connectivity index is 1.61. The van der Waals surface area contributed by atoms with Crippen LogP contribution in [0, 0.1) is 5.82 Å². The Morgan fingerprint density at radius 1 is 1.16 bits per heavy atom. The lowest BCUT2D eigenvalue weighted by Crippen LogP contribution is -2.33. The van der Waals surface area contributed by atoms with Gasteiger partial charge in [0.2, 0.25) is 5.91 Å². The Morgan fingerprint density at radius 3 is 2.61 bits per heavy atom. The molecule has 5 rings (SSSR count). The first-order valence-electron chi connectivity index (χ1n) is 9.89. The molecular weight excluding hydrogens is 399 g/mol. The number of fused-ring (bicyclic) bond motifs is 1. The number of H-pyrrole nitrogens is 1. The van der Waals surface area contributed by atoms with Crippen molar-refractivity contribution < 1.29 is 14.0 Å². The minimum atomic E-state index is -0.626. The predicted molar refractivity (Wildman–Crippen MR) is 112 cm³/mol. The Labute approximate surface area is 176 Å². The number of imidazole rings is 1. The standard InChI is InChI=1S/C22H19FN6O2/c23-15-6-3-13(4-7-15)21-19(20(27-28-21)12-1-2-12)14-5-8-18-25-9-16(29(18)11-14)22(31)26-10-17(24)30/h3-9,11-12H,1-2,10H2,(H2,24,30)(H,26,31)(H,27,28). The summed E-state index contributed by atoms with van der Waals surface area (Å²) in [5.41, 5.74) is 10.3. The van der Waals surface area contributed by atoms with Gasteiger partial charge in [0.15, 0.2) is 0 Å². The highest BCUT2D eigenvalue weighted by atomic mass is 19.1. The zero-order valence-electron chi connectivity index (χ0n) is 16.4. The molecule has 1 aromatic carbocycles. The molecule has 3 aromatic heterocycles. The average molecular weight is 418 g/mol. The Hall–Kier alpha value is -4.01. The molecule has 0 atom stereocenters. The van der Waals surface area contributed by atoms with Crippen molar-refractivity contribution in [3.8, 4) is 22.4 Å². The molecular formula is C22H19FN6O2. The lowest BCUT2D eigenvalue weighted by atomic mass is 9.98. The van der Waals surface area contributed by atoms with Gasteiger partial charge in [0, 0.05) is 34.5 Å². The summed E-state index contributed by atoms with van der Waals surface area (Å²) in [5.74, 6) is -0.987. The largest absolute Gasteiger partial charge is 0.368 e. The zero-order valence-corrected chi connectivity index (χ0v) is 16.4. The van der Waals surface area contributed by atoms with Crippen LogP contribution in [0.2, 0.25) is 0 Å². The van der Waals surface area contributed by atoms with Gasteiger partial charge in [-0.1, -0.05) is 0 Å². The van der Waals surface area contributed by atoms with E-state index in [1.807, 2.05) is 18.3 Å². The van der Waals surface area contributed by atoms with Gasteiger partial charge in [-0.15, -0.1) is 0 Å². The van der Waals surface area contributed by atoms with Crippen molar-refractivity contribution in [3.05, 3.63) is 66.0 Å². The van der Waals surface area contributed by atoms with Crippen LogP contribution >= 0.6 is 0 Å². The fourth-order valence-corrected chi connectivity index (χ4v) is 3.69. The summed E-state index contributed by atoms with van der Waals surface area (Å²) in [7, 11) is 0. The number of aromatic amines is 1. The first-order chi connectivity index (χ1) is 15.0. The molecule has 3 heterocycles. The number of carbonyl (C=O) groups excluding carboxylic acids is 2. The van der Waals surface area contributed by atoms with Crippen LogP contribution in [0.5, 0.6) is 0 Å². The molecule has 4 N–H and O–H groups in total. The number of aromatic nitrogens is 4. The maximum absolute atomic E-state index is 13.4. The van der Waals surface area contributed by atoms with Crippen LogP contribution in [-0.2, 0) is 4.79 Å². The number of benzene rings is 1. The van der Waals surface area contributed by atoms with Crippen molar-refractivity contribution in [2.45, 2.75) is 18.8 Å². The molecule has 1 aliphatic rings. The van der Waals surface area contributed by atoms with Crippen molar-refractivity contribution in [3.63, 3.8) is 0 Å². The van der Waals surface area contributed by atoms with E-state index in [9.17, 15) is 14.0 Å². The van der Waals surface area contributed by atoms with Crippen LogP contribution in [0.25, 0.3) is 28.0 Å². The molecule has 1 saturated carbocycles. The third-order valence-electron chi connectivity index (χ3n) is 5.35. The topological polar surface area (TPSA) is 118 Å². The first-order valence-corrected chi connectivity index (χ1v) is 9.89. The lowest BCUT2D eigenvalue weighted by molar-refractivity contribution is -0.117. The van der Waals surface area contributed by atoms with Crippen molar-refractivity contribution in [1.29, 1.82) is 0 Å². The molecule has 0 bridgehead atoms. The second kappa shape index (κ2) is 7.35. The van der Waals surface area contributed by atoms with Crippen LogP contribution in [0.4, 0.5) is 4.39 Å². The lowest BCUT2D eigenvalue weighted by Gasteiger charge is -2.09. The number of nitrogens with two attached hydrogens (primary N) is 1. The van der Waals surface area contributed by atoms with Gasteiger partial charge in [0.25, 0.3) is 5.91 Å². The smallest absolute Gasteiger partial charge is 0.270 e. The highest BCUT2D eigenvalue weighted by Gasteiger charge is 2.31. The number of hydrogen-bond acceptors (Lipinski definition) is 4. The first kappa shape index (κ1) is 19.0. The summed E-state index contributed by atoms with van der Waals surface area (Å²) in [5, 5.41) is 10.2. The summed E-state index contributed by atoms with van der Waals surface area (Å²) in [6.45, 7) is -0.256. The van der Waals surface area contributed by atoms with Gasteiger partial charge in [0.1, 0.15) is 22.9 Å². The van der Waals surface area contributed by atoms with Gasteiger partial charge >= 0.3 is 0 Å². The minimum absolute atomic E-state index is 0.256. The van der Waals surface area contributed by atoms with Crippen LogP contribution in [0.15, 0.2) is 48.8 Å². The molecule has 0 unspecified atom stereocenters. The number of pyridine rings is 1. The minimum Gasteiger partial charge on any atom is -0.368 e. The Bertz CT molecular complexity index is 1300. The monoisotopic (exact) mass is 418 g/mol. The molecule has 1 fully saturated rings. The SMILES string of the molecule is NC(=O)CNC(=O)c1cnc2ccc(-c3c(-c4ccc(F)cc4)n[nH]c3C3CC3)cn12. The molecule has 8 nitrogen and oxygen atoms in total. The molecule has 31 heavy (non-hydrogen) atoms. The summed E-state index contributed by atoms with van der Waals surface area (Å²) in [4.78, 5) is 27.8. The average Bonchev–Trinajstić information content (AvgIpc) is 3.37. The van der Waals surface area contributed by atoms with E-state index in [0.717, 1.165) is 40.9 Å². The number of primary amides is 1. The van der Waals surface area contributed by atoms with E-state index < -0.39 is 11.8 Å². The number of amides is 2. The number of nitrogens with zero attached hydrogens (tertiary/aromatic N) is 3. The van der Waals surface area contributed by atoms with Gasteiger partial charge < -0.3 is 11.1 Å². The van der Waals surface area contributed by atoms with E-state index >= 15 is 0 Å². The molecule has 4 aromatic rings. The van der Waals surface area contributed by atoms with Crippen molar-refractivity contribution in [2.24, 2.45) is 5.73 Å². The summed E-state index contributed by atoms with van der Waals surface area (Å²) >= 11 is 0. The molecule has 0 aliphatic heterocycles. The zero-order chi connectivity index (χ0) is 21.5. The fourth-order valence-electron chi connectivity index (χ4n) is 3.69. The maximum atomic E-state index is 13.4. The van der Waals surface area contributed by atoms with Gasteiger partial charge in [-0.05, 0) is 49.2 Å². The number of halogens is 1. The predicted octanol–water partition coefficient (Wildman–Crippen LogP) is 2.62. The third kappa shape index (κ3) is 3.54. The van der Waals surface area contributed by atoms with Gasteiger partial charge in [0.05, 0.1) is 12.7 Å². The number of carbonyl (C=O) groups is 2. The highest BCUT2D eigenvalue weighted by Crippen LogP contribution is 2.46. The van der Waals surface area contributed by atoms with E-state index in [-0.39, 0.29) is 18.1 Å². The molecule has 0 saturated heterocycles. The van der Waals surface area contributed by atoms with E-state index in [2.05, 4.69) is 20.5 Å². The van der Waals surface area contributed by atoms with Crippen LogP contribution in [0.3, 0.4) is 0 Å². The van der Waals surface area contributed by atoms with Crippen molar-refractivity contribution in [1.82, 2.24) is 24.9 Å². The van der Waals surface area contributed by atoms with E-state index in [1.165, 1.54) is 18.3 Å². The second-order valence-corrected chi connectivity index (χ2v) is 7.58. The Morgan fingerprint density at radius 2 is 1.90 bits per heavy atom. The normalized spacial score (nSPS) is 13.5. The fraction of sp³-hybridized carbons (Fsp3) is 0.182. The van der Waals surface area contributed by atoms with E-state index in [4.69, 9.17) is 5.73 Å². The molecule has 1 aliphatic carbocycles. The third-order valence-corrected chi connectivity index (χ3v) is 5.35. The molecule has 0 radical (unpaired) electrons. The molecule has 9 heteroatoms. The molecule has 0 spiro atoms. The van der Waals surface area contributed by atoms with Crippen LogP contribution in [0.1, 0.15) is 34.9 Å². The number of nitrogens with one attached hydrogen (secondary N) is 2. The number of rotatable bonds is 6. The summed E-state index contributed by atoms with van der Waals surface area (Å²) < 4.78 is 15.1. The molecule has 2 amide bonds. The summed E-state index contributed by atoms with van der Waals surface area (Å²) in [6, 6.07) is 9.96. The van der Waals surface area contributed by atoms with Crippen LogP contribution < -0.4 is 11.1 Å².